The van der Waals surface area contributed by atoms with Crippen LogP contribution in [0.5, 0.6) is 5.75 Å². The van der Waals surface area contributed by atoms with E-state index >= 15 is 0 Å². The van der Waals surface area contributed by atoms with Gasteiger partial charge in [-0.25, -0.2) is 0 Å². The van der Waals surface area contributed by atoms with E-state index in [-0.39, 0.29) is 6.10 Å². The molecule has 0 bridgehead atoms. The molecule has 0 unspecified atom stereocenters. The van der Waals surface area contributed by atoms with Gasteiger partial charge in [0.2, 0.25) is 0 Å². The molecule has 0 amide bonds. The van der Waals surface area contributed by atoms with E-state index in [0.717, 1.165) is 5.75 Å². The molecule has 0 radical (unpaired) electrons. The lowest BCUT2D eigenvalue weighted by Crippen LogP contribution is -2.18. The Balaban J connectivity index is 1.80. The predicted molar refractivity (Wildman–Crippen MR) is 115 cm³/mol. The van der Waals surface area contributed by atoms with Gasteiger partial charge in [0, 0.05) is 18.2 Å². The van der Waals surface area contributed by atoms with E-state index in [9.17, 15) is 0 Å². The molecule has 1 aliphatic heterocycles. The van der Waals surface area contributed by atoms with Crippen LogP contribution in [-0.2, 0) is 7.05 Å². The fraction of sp³-hybridized carbons (Fsp3) is 0.154. The fourth-order valence-corrected chi connectivity index (χ4v) is 4.43. The van der Waals surface area contributed by atoms with Gasteiger partial charge < -0.3 is 9.30 Å². The highest BCUT2D eigenvalue weighted by Gasteiger charge is 2.33. The maximum Gasteiger partial charge on any atom is 0.164 e. The summed E-state index contributed by atoms with van der Waals surface area (Å²) in [7, 11) is 2.16. The van der Waals surface area contributed by atoms with Crippen molar-refractivity contribution in [1.29, 1.82) is 0 Å². The molecule has 0 aliphatic carbocycles. The summed E-state index contributed by atoms with van der Waals surface area (Å²) in [5, 5.41) is 0. The van der Waals surface area contributed by atoms with Gasteiger partial charge in [-0.1, -0.05) is 78.4 Å². The number of aromatic nitrogens is 1. The number of ether oxygens (including phenoxy) is 1. The minimum atomic E-state index is -0.119. The van der Waals surface area contributed by atoms with E-state index in [0.29, 0.717) is 0 Å². The molecule has 0 spiro atoms. The van der Waals surface area contributed by atoms with Crippen molar-refractivity contribution >= 4 is 0 Å². The van der Waals surface area contributed by atoms with E-state index in [1.807, 2.05) is 6.07 Å². The molecular formula is C26H23NO. The lowest BCUT2D eigenvalue weighted by Gasteiger charge is -2.28. The highest BCUT2D eigenvalue weighted by Crippen LogP contribution is 2.49. The standard InChI is InChI=1S/C26H23NO/c1-17-13-15-20(16-14-17)26-25-23(21-11-7-8-12-22(21)28-26)18(2)24(27(25)3)19-9-5-4-6-10-19/h4-16,26H,1-3H3/t26-/m1/s1. The van der Waals surface area contributed by atoms with Crippen LogP contribution in [0.4, 0.5) is 0 Å². The fourth-order valence-electron chi connectivity index (χ4n) is 4.43. The minimum Gasteiger partial charge on any atom is -0.479 e. The molecule has 0 saturated heterocycles. The normalized spacial score (nSPS) is 14.9. The van der Waals surface area contributed by atoms with E-state index in [1.165, 1.54) is 44.8 Å². The third-order valence-corrected chi connectivity index (χ3v) is 5.76. The average Bonchev–Trinajstić information content (AvgIpc) is 3.00. The zero-order valence-electron chi connectivity index (χ0n) is 16.4. The van der Waals surface area contributed by atoms with Gasteiger partial charge in [-0.3, -0.25) is 0 Å². The van der Waals surface area contributed by atoms with Crippen molar-refractivity contribution in [2.24, 2.45) is 7.05 Å². The second-order valence-corrected chi connectivity index (χ2v) is 7.56. The molecular weight excluding hydrogens is 342 g/mol. The molecule has 1 atom stereocenters. The van der Waals surface area contributed by atoms with Crippen LogP contribution in [0.25, 0.3) is 22.4 Å². The smallest absolute Gasteiger partial charge is 0.164 e. The Morgan fingerprint density at radius 2 is 1.46 bits per heavy atom. The number of fused-ring (bicyclic) bond motifs is 3. The largest absolute Gasteiger partial charge is 0.479 e. The van der Waals surface area contributed by atoms with E-state index in [2.05, 4.69) is 98.3 Å². The topological polar surface area (TPSA) is 14.2 Å². The second-order valence-electron chi connectivity index (χ2n) is 7.56. The summed E-state index contributed by atoms with van der Waals surface area (Å²) >= 11 is 0. The first-order chi connectivity index (χ1) is 13.6. The third kappa shape index (κ3) is 2.49. The molecule has 1 aliphatic rings. The highest BCUT2D eigenvalue weighted by atomic mass is 16.5. The van der Waals surface area contributed by atoms with Crippen LogP contribution in [0, 0.1) is 13.8 Å². The molecule has 5 rings (SSSR count). The maximum absolute atomic E-state index is 6.55. The Bertz CT molecular complexity index is 1150. The first-order valence-electron chi connectivity index (χ1n) is 9.72. The molecule has 2 heteroatoms. The quantitative estimate of drug-likeness (QED) is 0.398. The number of nitrogens with zero attached hydrogens (tertiary/aromatic N) is 1. The van der Waals surface area contributed by atoms with Crippen LogP contribution in [0.2, 0.25) is 0 Å². The maximum atomic E-state index is 6.55. The molecule has 1 aromatic heterocycles. The summed E-state index contributed by atoms with van der Waals surface area (Å²) in [6.45, 7) is 4.35. The number of aryl methyl sites for hydroxylation is 1. The van der Waals surface area contributed by atoms with Gasteiger partial charge >= 0.3 is 0 Å². The Labute approximate surface area is 166 Å². The molecule has 0 fully saturated rings. The Morgan fingerprint density at radius 1 is 0.786 bits per heavy atom. The summed E-state index contributed by atoms with van der Waals surface area (Å²) in [6.07, 6.45) is -0.119. The zero-order valence-corrected chi connectivity index (χ0v) is 16.4. The average molecular weight is 365 g/mol. The first kappa shape index (κ1) is 16.9. The van der Waals surface area contributed by atoms with Crippen molar-refractivity contribution in [3.63, 3.8) is 0 Å². The first-order valence-corrected chi connectivity index (χ1v) is 9.72. The number of hydrogen-bond acceptors (Lipinski definition) is 1. The van der Waals surface area contributed by atoms with Crippen LogP contribution in [0.3, 0.4) is 0 Å². The Morgan fingerprint density at radius 3 is 2.21 bits per heavy atom. The lowest BCUT2D eigenvalue weighted by atomic mass is 9.92. The van der Waals surface area contributed by atoms with Crippen molar-refractivity contribution in [1.82, 2.24) is 4.57 Å². The number of benzene rings is 3. The van der Waals surface area contributed by atoms with Crippen LogP contribution < -0.4 is 4.74 Å². The Kier molecular flexibility index (Phi) is 3.87. The van der Waals surface area contributed by atoms with Crippen LogP contribution in [-0.4, -0.2) is 4.57 Å². The van der Waals surface area contributed by atoms with E-state index < -0.39 is 0 Å². The molecule has 28 heavy (non-hydrogen) atoms. The van der Waals surface area contributed by atoms with Crippen molar-refractivity contribution in [2.75, 3.05) is 0 Å². The number of rotatable bonds is 2. The predicted octanol–water partition coefficient (Wildman–Crippen LogP) is 6.46. The monoisotopic (exact) mass is 365 g/mol. The van der Waals surface area contributed by atoms with Gasteiger partial charge in [-0.05, 0) is 36.6 Å². The van der Waals surface area contributed by atoms with E-state index in [4.69, 9.17) is 4.74 Å². The SMILES string of the molecule is Cc1ccc([C@H]2Oc3ccccc3-c3c(C)c(-c4ccccc4)n(C)c32)cc1. The van der Waals surface area contributed by atoms with E-state index in [1.54, 1.807) is 0 Å². The summed E-state index contributed by atoms with van der Waals surface area (Å²) in [6, 6.07) is 27.7. The van der Waals surface area contributed by atoms with Crippen molar-refractivity contribution in [3.8, 4) is 28.1 Å². The Hall–Kier alpha value is -3.26. The molecule has 2 nitrogen and oxygen atoms in total. The summed E-state index contributed by atoms with van der Waals surface area (Å²) in [5.74, 6) is 0.953. The van der Waals surface area contributed by atoms with Gasteiger partial charge in [-0.15, -0.1) is 0 Å². The summed E-state index contributed by atoms with van der Waals surface area (Å²) < 4.78 is 8.87. The molecule has 0 saturated carbocycles. The highest BCUT2D eigenvalue weighted by molar-refractivity contribution is 5.85. The van der Waals surface area contributed by atoms with Crippen molar-refractivity contribution in [2.45, 2.75) is 20.0 Å². The van der Waals surface area contributed by atoms with Gasteiger partial charge in [0.05, 0.1) is 11.4 Å². The molecule has 0 N–H and O–H groups in total. The van der Waals surface area contributed by atoms with Crippen LogP contribution >= 0.6 is 0 Å². The molecule has 4 aromatic rings. The van der Waals surface area contributed by atoms with Crippen LogP contribution in [0.1, 0.15) is 28.5 Å². The summed E-state index contributed by atoms with van der Waals surface area (Å²) in [5.41, 5.74) is 9.93. The van der Waals surface area contributed by atoms with Gasteiger partial charge in [-0.2, -0.15) is 0 Å². The molecule has 138 valence electrons. The third-order valence-electron chi connectivity index (χ3n) is 5.76. The molecule has 2 heterocycles. The van der Waals surface area contributed by atoms with Gasteiger partial charge in [0.25, 0.3) is 0 Å². The number of hydrogen-bond donors (Lipinski definition) is 0. The summed E-state index contributed by atoms with van der Waals surface area (Å²) in [4.78, 5) is 0. The van der Waals surface area contributed by atoms with Gasteiger partial charge in [0.15, 0.2) is 6.10 Å². The lowest BCUT2D eigenvalue weighted by molar-refractivity contribution is 0.235. The van der Waals surface area contributed by atoms with Crippen LogP contribution in [0.15, 0.2) is 78.9 Å². The zero-order chi connectivity index (χ0) is 19.3. The second kappa shape index (κ2) is 6.42. The number of para-hydroxylation sites is 1. The molecule has 3 aromatic carbocycles. The minimum absolute atomic E-state index is 0.119. The van der Waals surface area contributed by atoms with Crippen molar-refractivity contribution < 1.29 is 4.74 Å². The van der Waals surface area contributed by atoms with Gasteiger partial charge in [0.1, 0.15) is 5.75 Å². The van der Waals surface area contributed by atoms with Crippen molar-refractivity contribution in [3.05, 3.63) is 101 Å².